The van der Waals surface area contributed by atoms with E-state index >= 15 is 0 Å². The maximum atomic E-state index is 13.7. The van der Waals surface area contributed by atoms with Crippen LogP contribution in [0.2, 0.25) is 0 Å². The standard InChI is InChI=1S/C34H37N9O4/c1-42-28-13-5-3-10-24(28)31(41-42)34(47)43-18-7-6-15-37-32(45)27(19-22-20-38-25-11-4-2-9-23(22)25)40-33(46)26-12-8-14-29(39-26)35-16-17-36-30(44)21-43/h2-5,8-14,20,27,38H,6-7,15-19,21H2,1H3,(H,35,39)(H,36,44)(H,37,45)(H,40,46)/t27-/m0/s1. The quantitative estimate of drug-likeness (QED) is 0.203. The molecule has 0 radical (unpaired) electrons. The van der Waals surface area contributed by atoms with E-state index in [1.807, 2.05) is 54.7 Å². The maximum Gasteiger partial charge on any atom is 0.275 e. The molecular weight excluding hydrogens is 598 g/mol. The van der Waals surface area contributed by atoms with Crippen LogP contribution in [0.1, 0.15) is 39.4 Å². The highest BCUT2D eigenvalue weighted by atomic mass is 16.2. The third-order valence-corrected chi connectivity index (χ3v) is 8.19. The number of anilines is 1. The second-order valence-electron chi connectivity index (χ2n) is 11.5. The summed E-state index contributed by atoms with van der Waals surface area (Å²) in [4.78, 5) is 62.7. The van der Waals surface area contributed by atoms with Gasteiger partial charge in [-0.1, -0.05) is 42.5 Å². The number of carbonyl (C=O) groups is 4. The van der Waals surface area contributed by atoms with E-state index in [-0.39, 0.29) is 55.2 Å². The Bertz CT molecular complexity index is 1930. The minimum absolute atomic E-state index is 0.144. The molecule has 47 heavy (non-hydrogen) atoms. The Hall–Kier alpha value is -5.72. The van der Waals surface area contributed by atoms with Gasteiger partial charge in [0.15, 0.2) is 5.69 Å². The lowest BCUT2D eigenvalue weighted by atomic mass is 10.0. The monoisotopic (exact) mass is 635 g/mol. The maximum absolute atomic E-state index is 13.7. The van der Waals surface area contributed by atoms with Gasteiger partial charge in [0.05, 0.1) is 12.1 Å². The van der Waals surface area contributed by atoms with Crippen LogP contribution in [-0.4, -0.2) is 87.0 Å². The lowest BCUT2D eigenvalue weighted by Gasteiger charge is -2.22. The van der Waals surface area contributed by atoms with Gasteiger partial charge in [0.1, 0.15) is 17.6 Å². The highest BCUT2D eigenvalue weighted by Crippen LogP contribution is 2.21. The Morgan fingerprint density at radius 2 is 1.66 bits per heavy atom. The number of aryl methyl sites for hydroxylation is 1. The van der Waals surface area contributed by atoms with Crippen molar-refractivity contribution in [1.29, 1.82) is 0 Å². The van der Waals surface area contributed by atoms with E-state index in [1.54, 1.807) is 29.9 Å². The van der Waals surface area contributed by atoms with Gasteiger partial charge >= 0.3 is 0 Å². The van der Waals surface area contributed by atoms with Crippen LogP contribution in [0.25, 0.3) is 21.8 Å². The average Bonchev–Trinajstić information content (AvgIpc) is 3.65. The largest absolute Gasteiger partial charge is 0.368 e. The van der Waals surface area contributed by atoms with Crippen LogP contribution >= 0.6 is 0 Å². The second-order valence-corrected chi connectivity index (χ2v) is 11.5. The molecule has 4 amide bonds. The molecule has 5 N–H and O–H groups in total. The van der Waals surface area contributed by atoms with Gasteiger partial charge in [-0.2, -0.15) is 5.10 Å². The first-order valence-corrected chi connectivity index (χ1v) is 15.7. The van der Waals surface area contributed by atoms with Crippen molar-refractivity contribution in [3.05, 3.63) is 89.9 Å². The Kier molecular flexibility index (Phi) is 9.41. The summed E-state index contributed by atoms with van der Waals surface area (Å²) in [6, 6.07) is 19.4. The minimum atomic E-state index is -0.862. The molecule has 0 saturated carbocycles. The van der Waals surface area contributed by atoms with Crippen LogP contribution in [0.15, 0.2) is 72.9 Å². The minimum Gasteiger partial charge on any atom is -0.368 e. The number of para-hydroxylation sites is 2. The molecule has 13 heteroatoms. The number of hydrogen-bond acceptors (Lipinski definition) is 7. The molecule has 2 aromatic carbocycles. The number of benzene rings is 2. The van der Waals surface area contributed by atoms with Crippen molar-refractivity contribution in [2.24, 2.45) is 7.05 Å². The Morgan fingerprint density at radius 3 is 2.53 bits per heavy atom. The van der Waals surface area contributed by atoms with Crippen LogP contribution < -0.4 is 21.3 Å². The number of aromatic amines is 1. The first-order valence-electron chi connectivity index (χ1n) is 15.7. The number of rotatable bonds is 3. The fourth-order valence-corrected chi connectivity index (χ4v) is 5.78. The van der Waals surface area contributed by atoms with Gasteiger partial charge in [0, 0.05) is 62.1 Å². The highest BCUT2D eigenvalue weighted by Gasteiger charge is 2.26. The molecular formula is C34H37N9O4. The molecule has 1 atom stereocenters. The topological polar surface area (TPSA) is 166 Å². The Labute approximate surface area is 271 Å². The first-order chi connectivity index (χ1) is 22.9. The zero-order valence-electron chi connectivity index (χ0n) is 26.1. The van der Waals surface area contributed by atoms with E-state index in [0.29, 0.717) is 37.1 Å². The van der Waals surface area contributed by atoms with Crippen molar-refractivity contribution < 1.29 is 19.2 Å². The number of nitrogens with zero attached hydrogens (tertiary/aromatic N) is 4. The van der Waals surface area contributed by atoms with E-state index in [1.165, 1.54) is 4.90 Å². The fourth-order valence-electron chi connectivity index (χ4n) is 5.78. The van der Waals surface area contributed by atoms with E-state index in [4.69, 9.17) is 0 Å². The van der Waals surface area contributed by atoms with E-state index in [9.17, 15) is 19.2 Å². The predicted molar refractivity (Wildman–Crippen MR) is 178 cm³/mol. The van der Waals surface area contributed by atoms with Crippen molar-refractivity contribution in [3.8, 4) is 0 Å². The van der Waals surface area contributed by atoms with Crippen molar-refractivity contribution in [1.82, 2.24) is 40.6 Å². The summed E-state index contributed by atoms with van der Waals surface area (Å²) < 4.78 is 1.66. The number of aromatic nitrogens is 4. The summed E-state index contributed by atoms with van der Waals surface area (Å²) in [6.07, 6.45) is 3.20. The van der Waals surface area contributed by atoms with Crippen LogP contribution in [0, 0.1) is 0 Å². The molecule has 1 aliphatic heterocycles. The summed E-state index contributed by atoms with van der Waals surface area (Å²) >= 11 is 0. The third kappa shape index (κ3) is 7.24. The van der Waals surface area contributed by atoms with Gasteiger partial charge in [0.2, 0.25) is 11.8 Å². The molecule has 6 rings (SSSR count). The number of fused-ring (bicyclic) bond motifs is 4. The molecule has 0 saturated heterocycles. The van der Waals surface area contributed by atoms with E-state index in [0.717, 1.165) is 22.0 Å². The molecule has 0 aliphatic carbocycles. The average molecular weight is 636 g/mol. The van der Waals surface area contributed by atoms with Gasteiger partial charge in [-0.25, -0.2) is 4.98 Å². The fraction of sp³-hybridized carbons (Fsp3) is 0.294. The molecule has 242 valence electrons. The van der Waals surface area contributed by atoms with Gasteiger partial charge in [-0.05, 0) is 42.7 Å². The molecule has 0 unspecified atom stereocenters. The van der Waals surface area contributed by atoms with Gasteiger partial charge in [-0.3, -0.25) is 23.9 Å². The molecule has 3 aromatic heterocycles. The third-order valence-electron chi connectivity index (χ3n) is 8.19. The SMILES string of the molecule is Cn1nc(C(=O)N2CCCCNC(=O)[C@H](Cc3c[nH]c4ccccc34)NC(=O)c3cccc(n3)NCCNC(=O)C2)c2ccccc21. The normalized spacial score (nSPS) is 17.2. The number of H-pyrrole nitrogens is 1. The number of hydrogen-bond donors (Lipinski definition) is 5. The molecule has 2 bridgehead atoms. The van der Waals surface area contributed by atoms with Gasteiger partial charge in [0.25, 0.3) is 11.8 Å². The number of pyridine rings is 1. The first kappa shape index (κ1) is 31.3. The van der Waals surface area contributed by atoms with Crippen LogP contribution in [0.4, 0.5) is 5.82 Å². The Balaban J connectivity index is 1.21. The van der Waals surface area contributed by atoms with Gasteiger partial charge in [-0.15, -0.1) is 0 Å². The zero-order chi connectivity index (χ0) is 32.8. The number of nitrogens with one attached hydrogen (secondary N) is 5. The van der Waals surface area contributed by atoms with E-state index in [2.05, 4.69) is 36.3 Å². The van der Waals surface area contributed by atoms with Crippen molar-refractivity contribution >= 4 is 51.3 Å². The van der Waals surface area contributed by atoms with Crippen molar-refractivity contribution in [2.45, 2.75) is 25.3 Å². The molecule has 4 heterocycles. The zero-order valence-corrected chi connectivity index (χ0v) is 26.1. The van der Waals surface area contributed by atoms with Crippen molar-refractivity contribution in [3.63, 3.8) is 0 Å². The smallest absolute Gasteiger partial charge is 0.275 e. The van der Waals surface area contributed by atoms with Crippen molar-refractivity contribution in [2.75, 3.05) is 38.0 Å². The van der Waals surface area contributed by atoms with Crippen LogP contribution in [-0.2, 0) is 23.1 Å². The predicted octanol–water partition coefficient (Wildman–Crippen LogP) is 2.37. The lowest BCUT2D eigenvalue weighted by Crippen LogP contribution is -2.48. The summed E-state index contributed by atoms with van der Waals surface area (Å²) in [5.74, 6) is -1.01. The summed E-state index contributed by atoms with van der Waals surface area (Å²) in [5.41, 5.74) is 3.10. The molecule has 5 aromatic rings. The number of carbonyl (C=O) groups excluding carboxylic acids is 4. The van der Waals surface area contributed by atoms with Crippen LogP contribution in [0.3, 0.4) is 0 Å². The van der Waals surface area contributed by atoms with Gasteiger partial charge < -0.3 is 31.2 Å². The molecule has 0 spiro atoms. The summed E-state index contributed by atoms with van der Waals surface area (Å²) in [5, 5.41) is 18.0. The summed E-state index contributed by atoms with van der Waals surface area (Å²) in [6.45, 7) is 1.08. The molecule has 1 aliphatic rings. The Morgan fingerprint density at radius 1 is 0.872 bits per heavy atom. The highest BCUT2D eigenvalue weighted by molar-refractivity contribution is 6.05. The second kappa shape index (κ2) is 14.1. The molecule has 13 nitrogen and oxygen atoms in total. The number of amides is 4. The van der Waals surface area contributed by atoms with Crippen LogP contribution in [0.5, 0.6) is 0 Å². The lowest BCUT2D eigenvalue weighted by molar-refractivity contribution is -0.123. The van der Waals surface area contributed by atoms with E-state index < -0.39 is 11.9 Å². The summed E-state index contributed by atoms with van der Waals surface area (Å²) in [7, 11) is 1.78. The molecule has 0 fully saturated rings.